The minimum Gasteiger partial charge on any atom is -0.468 e. The fourth-order valence-corrected chi connectivity index (χ4v) is 2.67. The van der Waals surface area contributed by atoms with Gasteiger partial charge in [-0.05, 0) is 32.9 Å². The minimum atomic E-state index is -3.01. The summed E-state index contributed by atoms with van der Waals surface area (Å²) in [6.07, 6.45) is 1.60. The van der Waals surface area contributed by atoms with E-state index in [0.717, 1.165) is 5.76 Å². The first kappa shape index (κ1) is 13.3. The molecule has 1 heterocycles. The maximum atomic E-state index is 11.8. The van der Waals surface area contributed by atoms with Gasteiger partial charge in [0.1, 0.15) is 5.76 Å². The van der Waals surface area contributed by atoms with Gasteiger partial charge in [-0.1, -0.05) is 0 Å². The third kappa shape index (κ3) is 3.35. The molecule has 4 nitrogen and oxygen atoms in total. The molecule has 92 valence electrons. The zero-order valence-corrected chi connectivity index (χ0v) is 10.8. The van der Waals surface area contributed by atoms with Crippen molar-refractivity contribution in [1.29, 1.82) is 0 Å². The number of hydrogen-bond donors (Lipinski definition) is 1. The first-order valence-electron chi connectivity index (χ1n) is 5.40. The normalized spacial score (nSPS) is 14.2. The van der Waals surface area contributed by atoms with Crippen molar-refractivity contribution >= 4 is 9.84 Å². The Kier molecular flexibility index (Phi) is 4.56. The van der Waals surface area contributed by atoms with Gasteiger partial charge in [0.2, 0.25) is 0 Å². The van der Waals surface area contributed by atoms with Crippen molar-refractivity contribution < 1.29 is 12.8 Å². The van der Waals surface area contributed by atoms with Crippen LogP contribution in [0, 0.1) is 0 Å². The van der Waals surface area contributed by atoms with E-state index in [1.54, 1.807) is 27.0 Å². The summed E-state index contributed by atoms with van der Waals surface area (Å²) in [5, 5.41) is 2.38. The first-order chi connectivity index (χ1) is 7.44. The Balaban J connectivity index is 2.39. The van der Waals surface area contributed by atoms with E-state index in [-0.39, 0.29) is 10.5 Å². The molecular weight excluding hydrogens is 226 g/mol. The summed E-state index contributed by atoms with van der Waals surface area (Å²) in [6.45, 7) is 6.15. The lowest BCUT2D eigenvalue weighted by molar-refractivity contribution is 0.481. The molecule has 5 heteroatoms. The highest BCUT2D eigenvalue weighted by Crippen LogP contribution is 2.08. The molecule has 0 bridgehead atoms. The van der Waals surface area contributed by atoms with Crippen molar-refractivity contribution in [3.8, 4) is 0 Å². The number of nitrogens with one attached hydrogen (secondary N) is 1. The van der Waals surface area contributed by atoms with E-state index in [1.165, 1.54) is 0 Å². The molecule has 0 fully saturated rings. The third-order valence-corrected chi connectivity index (χ3v) is 5.13. The molecule has 16 heavy (non-hydrogen) atoms. The summed E-state index contributed by atoms with van der Waals surface area (Å²) in [7, 11) is -3.01. The molecule has 0 aliphatic heterocycles. The maximum absolute atomic E-state index is 11.8. The predicted molar refractivity (Wildman–Crippen MR) is 63.9 cm³/mol. The lowest BCUT2D eigenvalue weighted by atomic mass is 10.4. The largest absolute Gasteiger partial charge is 0.468 e. The summed E-state index contributed by atoms with van der Waals surface area (Å²) in [5.41, 5.74) is 0. The van der Waals surface area contributed by atoms with Gasteiger partial charge in [0.05, 0.1) is 23.3 Å². The molecule has 0 aromatic carbocycles. The van der Waals surface area contributed by atoms with E-state index in [1.807, 2.05) is 12.1 Å². The topological polar surface area (TPSA) is 59.3 Å². The van der Waals surface area contributed by atoms with Crippen molar-refractivity contribution in [3.63, 3.8) is 0 Å². The molecule has 1 N–H and O–H groups in total. The monoisotopic (exact) mass is 245 g/mol. The summed E-state index contributed by atoms with van der Waals surface area (Å²) < 4.78 is 28.7. The van der Waals surface area contributed by atoms with Crippen LogP contribution in [-0.4, -0.2) is 25.5 Å². The van der Waals surface area contributed by atoms with Gasteiger partial charge < -0.3 is 9.73 Å². The van der Waals surface area contributed by atoms with E-state index in [4.69, 9.17) is 4.42 Å². The standard InChI is InChI=1S/C11H19NO3S/c1-9(2)16(13,14)10(3)7-12-8-11-5-4-6-15-11/h4-6,9-10,12H,7-8H2,1-3H3. The minimum absolute atomic E-state index is 0.326. The molecule has 0 aliphatic carbocycles. The van der Waals surface area contributed by atoms with Crippen LogP contribution in [0.2, 0.25) is 0 Å². The molecule has 0 radical (unpaired) electrons. The molecule has 1 rings (SSSR count). The lowest BCUT2D eigenvalue weighted by Crippen LogP contribution is -2.34. The highest BCUT2D eigenvalue weighted by molar-refractivity contribution is 7.92. The number of rotatable bonds is 6. The predicted octanol–water partition coefficient (Wildman–Crippen LogP) is 1.58. The Bertz CT molecular complexity index is 395. The van der Waals surface area contributed by atoms with E-state index in [2.05, 4.69) is 5.32 Å². The number of sulfone groups is 1. The van der Waals surface area contributed by atoms with E-state index >= 15 is 0 Å². The molecule has 0 amide bonds. The average molecular weight is 245 g/mol. The second kappa shape index (κ2) is 5.50. The molecule has 0 aliphatic rings. The van der Waals surface area contributed by atoms with Gasteiger partial charge in [0.15, 0.2) is 9.84 Å². The summed E-state index contributed by atoms with van der Waals surface area (Å²) in [5.74, 6) is 0.814. The number of hydrogen-bond acceptors (Lipinski definition) is 4. The van der Waals surface area contributed by atoms with Crippen LogP contribution in [0.1, 0.15) is 26.5 Å². The Morgan fingerprint density at radius 1 is 1.38 bits per heavy atom. The van der Waals surface area contributed by atoms with Gasteiger partial charge in [-0.15, -0.1) is 0 Å². The first-order valence-corrected chi connectivity index (χ1v) is 7.01. The maximum Gasteiger partial charge on any atom is 0.156 e. The van der Waals surface area contributed by atoms with Crippen LogP contribution in [0.5, 0.6) is 0 Å². The van der Waals surface area contributed by atoms with Crippen molar-refractivity contribution in [1.82, 2.24) is 5.32 Å². The van der Waals surface area contributed by atoms with Crippen molar-refractivity contribution in [2.24, 2.45) is 0 Å². The van der Waals surface area contributed by atoms with Gasteiger partial charge in [-0.3, -0.25) is 0 Å². The fourth-order valence-electron chi connectivity index (χ4n) is 1.39. The highest BCUT2D eigenvalue weighted by Gasteiger charge is 2.23. The van der Waals surface area contributed by atoms with Crippen LogP contribution in [0.4, 0.5) is 0 Å². The second-order valence-corrected chi connectivity index (χ2v) is 7.08. The Morgan fingerprint density at radius 3 is 2.56 bits per heavy atom. The smallest absolute Gasteiger partial charge is 0.156 e. The molecule has 0 spiro atoms. The Morgan fingerprint density at radius 2 is 2.06 bits per heavy atom. The zero-order valence-electron chi connectivity index (χ0n) is 9.93. The van der Waals surface area contributed by atoms with Gasteiger partial charge in [0, 0.05) is 6.54 Å². The van der Waals surface area contributed by atoms with Crippen LogP contribution < -0.4 is 5.32 Å². The summed E-state index contributed by atoms with van der Waals surface area (Å²) >= 11 is 0. The van der Waals surface area contributed by atoms with Crippen LogP contribution in [0.15, 0.2) is 22.8 Å². The number of furan rings is 1. The molecule has 0 saturated heterocycles. The van der Waals surface area contributed by atoms with E-state index in [0.29, 0.717) is 13.1 Å². The highest BCUT2D eigenvalue weighted by atomic mass is 32.2. The molecule has 1 aromatic rings. The fraction of sp³-hybridized carbons (Fsp3) is 0.636. The van der Waals surface area contributed by atoms with Gasteiger partial charge in [-0.25, -0.2) is 8.42 Å². The van der Waals surface area contributed by atoms with Gasteiger partial charge >= 0.3 is 0 Å². The van der Waals surface area contributed by atoms with Crippen molar-refractivity contribution in [2.45, 2.75) is 37.8 Å². The van der Waals surface area contributed by atoms with Crippen LogP contribution >= 0.6 is 0 Å². The van der Waals surface area contributed by atoms with Crippen LogP contribution in [-0.2, 0) is 16.4 Å². The van der Waals surface area contributed by atoms with Crippen molar-refractivity contribution in [2.75, 3.05) is 6.54 Å². The third-order valence-electron chi connectivity index (χ3n) is 2.53. The Hall–Kier alpha value is -0.810. The molecular formula is C11H19NO3S. The molecule has 1 aromatic heterocycles. The average Bonchev–Trinajstić information content (AvgIpc) is 2.70. The zero-order chi connectivity index (χ0) is 12.2. The Labute approximate surface area is 97.0 Å². The van der Waals surface area contributed by atoms with Gasteiger partial charge in [-0.2, -0.15) is 0 Å². The summed E-state index contributed by atoms with van der Waals surface area (Å²) in [6, 6.07) is 3.67. The summed E-state index contributed by atoms with van der Waals surface area (Å²) in [4.78, 5) is 0. The molecule has 1 unspecified atom stereocenters. The quantitative estimate of drug-likeness (QED) is 0.826. The SMILES string of the molecule is CC(C)S(=O)(=O)C(C)CNCc1ccco1. The van der Waals surface area contributed by atoms with E-state index < -0.39 is 9.84 Å². The molecule has 1 atom stereocenters. The molecule has 0 saturated carbocycles. The van der Waals surface area contributed by atoms with Crippen LogP contribution in [0.3, 0.4) is 0 Å². The van der Waals surface area contributed by atoms with E-state index in [9.17, 15) is 8.42 Å². The van der Waals surface area contributed by atoms with Crippen LogP contribution in [0.25, 0.3) is 0 Å². The van der Waals surface area contributed by atoms with Gasteiger partial charge in [0.25, 0.3) is 0 Å². The second-order valence-electron chi connectivity index (χ2n) is 4.16. The lowest BCUT2D eigenvalue weighted by Gasteiger charge is -2.15. The van der Waals surface area contributed by atoms with Crippen molar-refractivity contribution in [3.05, 3.63) is 24.2 Å².